The number of nitrogens with one attached hydrogen (secondary N) is 1. The van der Waals surface area contributed by atoms with E-state index in [4.69, 9.17) is 0 Å². The number of rotatable bonds is 6. The Kier molecular flexibility index (Phi) is 5.60. The molecule has 20 heavy (non-hydrogen) atoms. The molecule has 2 rings (SSSR count). The van der Waals surface area contributed by atoms with E-state index in [0.717, 1.165) is 6.42 Å². The zero-order valence-corrected chi connectivity index (χ0v) is 13.4. The first-order valence-electron chi connectivity index (χ1n) is 7.17. The fourth-order valence-electron chi connectivity index (χ4n) is 2.74. The van der Waals surface area contributed by atoms with Gasteiger partial charge in [-0.25, -0.2) is 8.42 Å². The second-order valence-corrected chi connectivity index (χ2v) is 8.85. The van der Waals surface area contributed by atoms with Gasteiger partial charge in [-0.05, 0) is 30.2 Å². The van der Waals surface area contributed by atoms with Gasteiger partial charge in [0.15, 0.2) is 9.84 Å². The summed E-state index contributed by atoms with van der Waals surface area (Å²) in [6.07, 6.45) is 3.96. The van der Waals surface area contributed by atoms with E-state index in [1.165, 1.54) is 30.6 Å². The first-order chi connectivity index (χ1) is 9.49. The largest absolute Gasteiger partial charge is 0.391 e. The van der Waals surface area contributed by atoms with E-state index in [9.17, 15) is 13.5 Å². The normalized spacial score (nSPS) is 25.5. The fraction of sp³-hybridized carbons (Fsp3) is 0.714. The van der Waals surface area contributed by atoms with Crippen LogP contribution in [0.15, 0.2) is 21.7 Å². The Morgan fingerprint density at radius 2 is 2.20 bits per heavy atom. The summed E-state index contributed by atoms with van der Waals surface area (Å²) in [6.45, 7) is 2.56. The van der Waals surface area contributed by atoms with Gasteiger partial charge in [0.25, 0.3) is 0 Å². The van der Waals surface area contributed by atoms with Gasteiger partial charge >= 0.3 is 0 Å². The Labute approximate surface area is 125 Å². The molecule has 6 heteroatoms. The SMILES string of the molecule is CC1CCCCC1NCC(O)CS(=O)(=O)c1cccs1. The van der Waals surface area contributed by atoms with Gasteiger partial charge in [0.1, 0.15) is 4.21 Å². The van der Waals surface area contributed by atoms with Gasteiger partial charge in [-0.2, -0.15) is 0 Å². The molecule has 0 spiro atoms. The average molecular weight is 317 g/mol. The second-order valence-electron chi connectivity index (χ2n) is 5.64. The van der Waals surface area contributed by atoms with Crippen LogP contribution in [0.2, 0.25) is 0 Å². The molecular weight excluding hydrogens is 294 g/mol. The van der Waals surface area contributed by atoms with Crippen molar-refractivity contribution in [2.45, 2.75) is 49.0 Å². The van der Waals surface area contributed by atoms with Gasteiger partial charge in [-0.3, -0.25) is 0 Å². The minimum atomic E-state index is -3.35. The molecule has 1 aromatic rings. The molecule has 1 saturated carbocycles. The number of aliphatic hydroxyl groups excluding tert-OH is 1. The molecule has 3 unspecified atom stereocenters. The van der Waals surface area contributed by atoms with Gasteiger partial charge in [-0.15, -0.1) is 11.3 Å². The van der Waals surface area contributed by atoms with Crippen LogP contribution in [-0.4, -0.2) is 38.0 Å². The highest BCUT2D eigenvalue weighted by atomic mass is 32.2. The Bertz CT molecular complexity index is 498. The maximum Gasteiger partial charge on any atom is 0.190 e. The van der Waals surface area contributed by atoms with E-state index in [0.29, 0.717) is 22.7 Å². The summed E-state index contributed by atoms with van der Waals surface area (Å²) in [4.78, 5) is 0. The second kappa shape index (κ2) is 7.02. The van der Waals surface area contributed by atoms with E-state index in [1.54, 1.807) is 17.5 Å². The Morgan fingerprint density at radius 3 is 2.85 bits per heavy atom. The van der Waals surface area contributed by atoms with E-state index in [2.05, 4.69) is 12.2 Å². The highest BCUT2D eigenvalue weighted by Crippen LogP contribution is 2.23. The lowest BCUT2D eigenvalue weighted by Crippen LogP contribution is -2.42. The minimum Gasteiger partial charge on any atom is -0.391 e. The average Bonchev–Trinajstić information content (AvgIpc) is 2.92. The smallest absolute Gasteiger partial charge is 0.190 e. The number of thiophene rings is 1. The topological polar surface area (TPSA) is 66.4 Å². The van der Waals surface area contributed by atoms with Gasteiger partial charge < -0.3 is 10.4 Å². The lowest BCUT2D eigenvalue weighted by atomic mass is 9.86. The van der Waals surface area contributed by atoms with E-state index >= 15 is 0 Å². The predicted molar refractivity (Wildman–Crippen MR) is 81.8 cm³/mol. The summed E-state index contributed by atoms with van der Waals surface area (Å²) in [6, 6.07) is 3.71. The molecule has 0 aromatic carbocycles. The molecule has 1 fully saturated rings. The molecule has 1 aromatic heterocycles. The predicted octanol–water partition coefficient (Wildman–Crippen LogP) is 2.05. The zero-order valence-electron chi connectivity index (χ0n) is 11.8. The third kappa shape index (κ3) is 4.28. The summed E-state index contributed by atoms with van der Waals surface area (Å²) in [5.41, 5.74) is 0. The highest BCUT2D eigenvalue weighted by Gasteiger charge is 2.24. The zero-order chi connectivity index (χ0) is 14.6. The lowest BCUT2D eigenvalue weighted by molar-refractivity contribution is 0.174. The quantitative estimate of drug-likeness (QED) is 0.843. The standard InChI is InChI=1S/C14H23NO3S2/c1-11-5-2-3-6-13(11)15-9-12(16)10-20(17,18)14-7-4-8-19-14/h4,7-8,11-13,15-16H,2-3,5-6,9-10H2,1H3. The van der Waals surface area contributed by atoms with Gasteiger partial charge in [-0.1, -0.05) is 25.8 Å². The van der Waals surface area contributed by atoms with Crippen molar-refractivity contribution in [2.75, 3.05) is 12.3 Å². The molecule has 1 aliphatic carbocycles. The van der Waals surface area contributed by atoms with E-state index in [1.807, 2.05) is 0 Å². The van der Waals surface area contributed by atoms with Crippen LogP contribution in [0.1, 0.15) is 32.6 Å². The van der Waals surface area contributed by atoms with Crippen molar-refractivity contribution in [3.8, 4) is 0 Å². The summed E-state index contributed by atoms with van der Waals surface area (Å²) in [5.74, 6) is 0.395. The van der Waals surface area contributed by atoms with Crippen LogP contribution >= 0.6 is 11.3 Å². The van der Waals surface area contributed by atoms with Crippen LogP contribution in [-0.2, 0) is 9.84 Å². The van der Waals surface area contributed by atoms with Crippen LogP contribution in [0.3, 0.4) is 0 Å². The Hall–Kier alpha value is -0.430. The summed E-state index contributed by atoms with van der Waals surface area (Å²) >= 11 is 1.20. The maximum absolute atomic E-state index is 12.0. The number of sulfone groups is 1. The number of hydrogen-bond acceptors (Lipinski definition) is 5. The van der Waals surface area contributed by atoms with E-state index < -0.39 is 15.9 Å². The summed E-state index contributed by atoms with van der Waals surface area (Å²) in [7, 11) is -3.35. The maximum atomic E-state index is 12.0. The fourth-order valence-corrected chi connectivity index (χ4v) is 5.22. The van der Waals surface area contributed by atoms with Crippen molar-refractivity contribution in [3.63, 3.8) is 0 Å². The molecule has 0 radical (unpaired) electrons. The van der Waals surface area contributed by atoms with Crippen LogP contribution in [0, 0.1) is 5.92 Å². The van der Waals surface area contributed by atoms with Crippen LogP contribution < -0.4 is 5.32 Å². The third-order valence-corrected chi connectivity index (χ3v) is 7.23. The summed E-state index contributed by atoms with van der Waals surface area (Å²) in [5, 5.41) is 15.0. The molecule has 1 aliphatic rings. The van der Waals surface area contributed by atoms with Crippen molar-refractivity contribution in [2.24, 2.45) is 5.92 Å². The molecule has 3 atom stereocenters. The molecular formula is C14H23NO3S2. The highest BCUT2D eigenvalue weighted by molar-refractivity contribution is 7.93. The molecule has 1 heterocycles. The van der Waals surface area contributed by atoms with Crippen molar-refractivity contribution >= 4 is 21.2 Å². The first-order valence-corrected chi connectivity index (χ1v) is 9.70. The molecule has 0 bridgehead atoms. The molecule has 0 saturated heterocycles. The monoisotopic (exact) mass is 317 g/mol. The van der Waals surface area contributed by atoms with Crippen molar-refractivity contribution in [1.29, 1.82) is 0 Å². The Balaban J connectivity index is 1.82. The summed E-state index contributed by atoms with van der Waals surface area (Å²) < 4.78 is 24.4. The van der Waals surface area contributed by atoms with Crippen molar-refractivity contribution in [1.82, 2.24) is 5.32 Å². The van der Waals surface area contributed by atoms with E-state index in [-0.39, 0.29) is 5.75 Å². The first kappa shape index (κ1) is 15.9. The Morgan fingerprint density at radius 1 is 1.45 bits per heavy atom. The molecule has 0 aliphatic heterocycles. The number of hydrogen-bond donors (Lipinski definition) is 2. The van der Waals surface area contributed by atoms with Gasteiger partial charge in [0.05, 0.1) is 11.9 Å². The molecule has 4 nitrogen and oxygen atoms in total. The van der Waals surface area contributed by atoms with Crippen molar-refractivity contribution in [3.05, 3.63) is 17.5 Å². The number of aliphatic hydroxyl groups is 1. The minimum absolute atomic E-state index is 0.207. The third-order valence-electron chi connectivity index (χ3n) is 3.94. The van der Waals surface area contributed by atoms with Crippen molar-refractivity contribution < 1.29 is 13.5 Å². The lowest BCUT2D eigenvalue weighted by Gasteiger charge is -2.30. The van der Waals surface area contributed by atoms with Crippen LogP contribution in [0.4, 0.5) is 0 Å². The van der Waals surface area contributed by atoms with Gasteiger partial charge in [0, 0.05) is 12.6 Å². The molecule has 2 N–H and O–H groups in total. The van der Waals surface area contributed by atoms with Crippen LogP contribution in [0.25, 0.3) is 0 Å². The van der Waals surface area contributed by atoms with Gasteiger partial charge in [0.2, 0.25) is 0 Å². The molecule has 114 valence electrons. The molecule has 0 amide bonds. The van der Waals surface area contributed by atoms with Crippen LogP contribution in [0.5, 0.6) is 0 Å².